The summed E-state index contributed by atoms with van der Waals surface area (Å²) in [5.74, 6) is -0.477. The number of benzene rings is 2. The lowest BCUT2D eigenvalue weighted by Gasteiger charge is -2.06. The topological polar surface area (TPSA) is 92.0 Å². The molecule has 0 fully saturated rings. The zero-order valence-electron chi connectivity index (χ0n) is 15.6. The molecule has 0 aliphatic rings. The number of hydrogen-bond donors (Lipinski definition) is 0. The van der Waals surface area contributed by atoms with Crippen molar-refractivity contribution in [2.45, 2.75) is 6.42 Å². The van der Waals surface area contributed by atoms with Crippen molar-refractivity contribution in [3.63, 3.8) is 0 Å². The average molecular weight is 394 g/mol. The van der Waals surface area contributed by atoms with Crippen molar-refractivity contribution in [3.05, 3.63) is 83.8 Å². The van der Waals surface area contributed by atoms with Crippen LogP contribution in [-0.4, -0.2) is 31.4 Å². The summed E-state index contributed by atoms with van der Waals surface area (Å²) < 4.78 is 20.2. The fourth-order valence-corrected chi connectivity index (χ4v) is 2.45. The van der Waals surface area contributed by atoms with Gasteiger partial charge >= 0.3 is 11.9 Å². The predicted octanol–water partition coefficient (Wildman–Crippen LogP) is 3.48. The number of ketones is 1. The molecule has 0 amide bonds. The van der Waals surface area contributed by atoms with Crippen molar-refractivity contribution in [2.75, 3.05) is 13.7 Å². The number of furan rings is 1. The van der Waals surface area contributed by atoms with Gasteiger partial charge < -0.3 is 18.6 Å². The molecule has 1 heterocycles. The highest BCUT2D eigenvalue weighted by Gasteiger charge is 2.13. The summed E-state index contributed by atoms with van der Waals surface area (Å²) in [6, 6.07) is 16.0. The maximum absolute atomic E-state index is 12.2. The highest BCUT2D eigenvalue weighted by molar-refractivity contribution is 5.98. The van der Waals surface area contributed by atoms with Crippen LogP contribution in [0.4, 0.5) is 0 Å². The van der Waals surface area contributed by atoms with Crippen molar-refractivity contribution < 1.29 is 33.0 Å². The minimum absolute atomic E-state index is 0.0545. The highest BCUT2D eigenvalue weighted by atomic mass is 16.5. The Labute approximate surface area is 166 Å². The summed E-state index contributed by atoms with van der Waals surface area (Å²) in [6.45, 7) is -0.374. The van der Waals surface area contributed by atoms with Gasteiger partial charge in [-0.15, -0.1) is 0 Å². The summed E-state index contributed by atoms with van der Waals surface area (Å²) in [6.07, 6.45) is 1.42. The van der Waals surface area contributed by atoms with Crippen LogP contribution in [0.1, 0.15) is 26.5 Å². The van der Waals surface area contributed by atoms with Crippen LogP contribution in [0.5, 0.6) is 11.5 Å². The molecule has 0 radical (unpaired) electrons. The fourth-order valence-electron chi connectivity index (χ4n) is 2.45. The first-order chi connectivity index (χ1) is 14.0. The molecule has 0 aliphatic heterocycles. The predicted molar refractivity (Wildman–Crippen MR) is 102 cm³/mol. The normalized spacial score (nSPS) is 10.2. The number of rotatable bonds is 8. The summed E-state index contributed by atoms with van der Waals surface area (Å²) in [5.41, 5.74) is 1.09. The lowest BCUT2D eigenvalue weighted by molar-refractivity contribution is -0.141. The third kappa shape index (κ3) is 5.55. The maximum atomic E-state index is 12.2. The van der Waals surface area contributed by atoms with Gasteiger partial charge in [-0.1, -0.05) is 12.1 Å². The van der Waals surface area contributed by atoms with E-state index in [0.29, 0.717) is 11.3 Å². The molecule has 7 heteroatoms. The summed E-state index contributed by atoms with van der Waals surface area (Å²) in [7, 11) is 1.56. The van der Waals surface area contributed by atoms with E-state index in [2.05, 4.69) is 0 Å². The zero-order valence-corrected chi connectivity index (χ0v) is 15.6. The molecule has 3 rings (SSSR count). The lowest BCUT2D eigenvalue weighted by atomic mass is 10.1. The Morgan fingerprint density at radius 2 is 1.59 bits per heavy atom. The average Bonchev–Trinajstić information content (AvgIpc) is 3.28. The Morgan fingerprint density at radius 3 is 2.21 bits per heavy atom. The second kappa shape index (κ2) is 9.36. The zero-order chi connectivity index (χ0) is 20.6. The molecule has 148 valence electrons. The van der Waals surface area contributed by atoms with Gasteiger partial charge in [-0.2, -0.15) is 0 Å². The molecular formula is C22H18O7. The number of Topliss-reactive ketones (excluding diaryl/α,β-unsaturated/α-hetero) is 1. The van der Waals surface area contributed by atoms with Crippen molar-refractivity contribution in [1.82, 2.24) is 0 Å². The molecule has 0 atom stereocenters. The molecule has 0 aliphatic carbocycles. The van der Waals surface area contributed by atoms with Gasteiger partial charge in [-0.3, -0.25) is 9.59 Å². The van der Waals surface area contributed by atoms with E-state index in [1.54, 1.807) is 37.4 Å². The molecule has 29 heavy (non-hydrogen) atoms. The lowest BCUT2D eigenvalue weighted by Crippen LogP contribution is -2.15. The van der Waals surface area contributed by atoms with Gasteiger partial charge in [0, 0.05) is 5.56 Å². The van der Waals surface area contributed by atoms with Crippen LogP contribution in [0.2, 0.25) is 0 Å². The summed E-state index contributed by atoms with van der Waals surface area (Å²) >= 11 is 0. The van der Waals surface area contributed by atoms with E-state index < -0.39 is 11.9 Å². The SMILES string of the molecule is COc1ccc(CC(=O)OCC(=O)c2ccc(OC(=O)c3ccco3)cc2)cc1. The van der Waals surface area contributed by atoms with Crippen LogP contribution in [0.25, 0.3) is 0 Å². The van der Waals surface area contributed by atoms with E-state index in [-0.39, 0.29) is 30.3 Å². The van der Waals surface area contributed by atoms with Gasteiger partial charge in [-0.25, -0.2) is 4.79 Å². The van der Waals surface area contributed by atoms with Gasteiger partial charge in [0.15, 0.2) is 12.4 Å². The van der Waals surface area contributed by atoms with Crippen molar-refractivity contribution in [2.24, 2.45) is 0 Å². The summed E-state index contributed by atoms with van der Waals surface area (Å²) in [5, 5.41) is 0. The molecule has 0 spiro atoms. The number of methoxy groups -OCH3 is 1. The van der Waals surface area contributed by atoms with E-state index in [4.69, 9.17) is 18.6 Å². The van der Waals surface area contributed by atoms with Gasteiger partial charge in [0.1, 0.15) is 11.5 Å². The van der Waals surface area contributed by atoms with E-state index in [1.165, 1.54) is 36.6 Å². The molecule has 0 bridgehead atoms. The van der Waals surface area contributed by atoms with Crippen LogP contribution < -0.4 is 9.47 Å². The van der Waals surface area contributed by atoms with Gasteiger partial charge in [0.25, 0.3) is 0 Å². The van der Waals surface area contributed by atoms with Crippen LogP contribution in [0, 0.1) is 0 Å². The number of carbonyl (C=O) groups excluding carboxylic acids is 3. The molecule has 0 saturated heterocycles. The van der Waals surface area contributed by atoms with Crippen LogP contribution in [0.3, 0.4) is 0 Å². The van der Waals surface area contributed by atoms with Crippen molar-refractivity contribution >= 4 is 17.7 Å². The third-order valence-electron chi connectivity index (χ3n) is 3.98. The molecule has 3 aromatic rings. The second-order valence-corrected chi connectivity index (χ2v) is 6.00. The molecule has 1 aromatic heterocycles. The first-order valence-corrected chi connectivity index (χ1v) is 8.72. The van der Waals surface area contributed by atoms with Crippen molar-refractivity contribution in [1.29, 1.82) is 0 Å². The fraction of sp³-hybridized carbons (Fsp3) is 0.136. The van der Waals surface area contributed by atoms with E-state index in [9.17, 15) is 14.4 Å². The largest absolute Gasteiger partial charge is 0.497 e. The van der Waals surface area contributed by atoms with Gasteiger partial charge in [0.05, 0.1) is 19.8 Å². The Bertz CT molecular complexity index is 971. The van der Waals surface area contributed by atoms with E-state index in [0.717, 1.165) is 5.56 Å². The highest BCUT2D eigenvalue weighted by Crippen LogP contribution is 2.16. The quantitative estimate of drug-likeness (QED) is 0.328. The molecule has 7 nitrogen and oxygen atoms in total. The van der Waals surface area contributed by atoms with Crippen LogP contribution >= 0.6 is 0 Å². The number of carbonyl (C=O) groups is 3. The molecule has 0 saturated carbocycles. The Hall–Kier alpha value is -3.87. The van der Waals surface area contributed by atoms with E-state index >= 15 is 0 Å². The molecule has 0 N–H and O–H groups in total. The monoisotopic (exact) mass is 394 g/mol. The third-order valence-corrected chi connectivity index (χ3v) is 3.98. The first-order valence-electron chi connectivity index (χ1n) is 8.72. The number of ether oxygens (including phenoxy) is 3. The first kappa shape index (κ1) is 19.9. The molecular weight excluding hydrogens is 376 g/mol. The molecule has 0 unspecified atom stereocenters. The maximum Gasteiger partial charge on any atom is 0.379 e. The molecule has 2 aromatic carbocycles. The van der Waals surface area contributed by atoms with Crippen LogP contribution in [0.15, 0.2) is 71.3 Å². The smallest absolute Gasteiger partial charge is 0.379 e. The number of hydrogen-bond acceptors (Lipinski definition) is 7. The summed E-state index contributed by atoms with van der Waals surface area (Å²) in [4.78, 5) is 35.9. The van der Waals surface area contributed by atoms with Crippen molar-refractivity contribution in [3.8, 4) is 11.5 Å². The van der Waals surface area contributed by atoms with Crippen LogP contribution in [-0.2, 0) is 16.0 Å². The van der Waals surface area contributed by atoms with Gasteiger partial charge in [-0.05, 0) is 54.1 Å². The second-order valence-electron chi connectivity index (χ2n) is 6.00. The standard InChI is InChI=1S/C22H18O7/c1-26-17-8-4-15(5-9-17)13-21(24)28-14-19(23)16-6-10-18(11-7-16)29-22(25)20-3-2-12-27-20/h2-12H,13-14H2,1H3. The number of esters is 2. The Morgan fingerprint density at radius 1 is 0.897 bits per heavy atom. The Balaban J connectivity index is 1.48. The minimum atomic E-state index is -0.637. The minimum Gasteiger partial charge on any atom is -0.497 e. The van der Waals surface area contributed by atoms with E-state index in [1.807, 2.05) is 0 Å². The van der Waals surface area contributed by atoms with Gasteiger partial charge in [0.2, 0.25) is 5.76 Å². The Kier molecular flexibility index (Phi) is 6.42.